The predicted molar refractivity (Wildman–Crippen MR) is 77.4 cm³/mol. The largest absolute Gasteiger partial charge is 0.399 e. The normalized spacial score (nSPS) is 20.5. The first-order valence-electron chi connectivity index (χ1n) is 6.29. The smallest absolute Gasteiger partial charge is 0.296 e. The van der Waals surface area contributed by atoms with Crippen molar-refractivity contribution in [3.8, 4) is 0 Å². The third kappa shape index (κ3) is 2.01. The molecule has 1 aromatic carbocycles. The Balaban J connectivity index is 2.14. The van der Waals surface area contributed by atoms with Crippen LogP contribution in [-0.2, 0) is 12.1 Å². The van der Waals surface area contributed by atoms with Gasteiger partial charge in [-0.15, -0.1) is 0 Å². The lowest BCUT2D eigenvalue weighted by molar-refractivity contribution is 0.364. The molecule has 1 aliphatic heterocycles. The second-order valence-electron chi connectivity index (χ2n) is 5.17. The monoisotopic (exact) mass is 284 g/mol. The fourth-order valence-electron chi connectivity index (χ4n) is 2.54. The Morgan fingerprint density at radius 2 is 2.14 bits per heavy atom. The molecule has 0 saturated heterocycles. The van der Waals surface area contributed by atoms with E-state index < -0.39 is 11.4 Å². The second-order valence-corrected chi connectivity index (χ2v) is 5.17. The first-order chi connectivity index (χ1) is 9.93. The van der Waals surface area contributed by atoms with Crippen molar-refractivity contribution in [2.75, 3.05) is 5.73 Å². The molecule has 0 saturated carbocycles. The van der Waals surface area contributed by atoms with Crippen LogP contribution >= 0.6 is 0 Å². The van der Waals surface area contributed by atoms with E-state index in [1.54, 1.807) is 23.7 Å². The number of halogens is 1. The van der Waals surface area contributed by atoms with E-state index >= 15 is 0 Å². The Labute approximate surface area is 120 Å². The standard InChI is InChI=1S/C14H13FN6/c1-14(9-5-8(16)3-4-10(9)15)7-21-11(13(17)19-14)6-12(18-2)20-21/h3-6H,7,16H2,1H3,(H2,17,19). The van der Waals surface area contributed by atoms with Crippen LogP contribution < -0.4 is 11.5 Å². The molecule has 1 aromatic heterocycles. The van der Waals surface area contributed by atoms with E-state index in [2.05, 4.69) is 14.9 Å². The fourth-order valence-corrected chi connectivity index (χ4v) is 2.54. The molecule has 0 radical (unpaired) electrons. The summed E-state index contributed by atoms with van der Waals surface area (Å²) < 4.78 is 15.7. The molecule has 2 aromatic rings. The maximum Gasteiger partial charge on any atom is 0.296 e. The third-order valence-electron chi connectivity index (χ3n) is 3.54. The van der Waals surface area contributed by atoms with Crippen LogP contribution in [0.25, 0.3) is 4.85 Å². The molecule has 0 fully saturated rings. The van der Waals surface area contributed by atoms with Gasteiger partial charge in [-0.2, -0.15) is 4.68 Å². The molecule has 0 bridgehead atoms. The summed E-state index contributed by atoms with van der Waals surface area (Å²) in [6.45, 7) is 9.06. The summed E-state index contributed by atoms with van der Waals surface area (Å²) in [5.41, 5.74) is 12.2. The molecule has 4 N–H and O–H groups in total. The third-order valence-corrected chi connectivity index (χ3v) is 3.54. The SMILES string of the molecule is [C-]#[N+]c1cc2n(n1)CC(C)(c1cc(N)ccc1F)N=C2N. The van der Waals surface area contributed by atoms with Crippen LogP contribution in [0.3, 0.4) is 0 Å². The molecule has 2 heterocycles. The van der Waals surface area contributed by atoms with E-state index in [1.165, 1.54) is 12.1 Å². The highest BCUT2D eigenvalue weighted by Crippen LogP contribution is 2.34. The number of amidine groups is 1. The van der Waals surface area contributed by atoms with Crippen molar-refractivity contribution in [2.24, 2.45) is 10.7 Å². The van der Waals surface area contributed by atoms with Gasteiger partial charge in [0.15, 0.2) is 0 Å². The van der Waals surface area contributed by atoms with Gasteiger partial charge in [0.25, 0.3) is 5.82 Å². The molecular formula is C14H13FN6. The summed E-state index contributed by atoms with van der Waals surface area (Å²) in [5, 5.41) is 4.14. The van der Waals surface area contributed by atoms with Gasteiger partial charge in [0, 0.05) is 11.3 Å². The van der Waals surface area contributed by atoms with E-state index in [9.17, 15) is 4.39 Å². The summed E-state index contributed by atoms with van der Waals surface area (Å²) in [5.74, 6) is 0.0673. The molecule has 0 aliphatic carbocycles. The minimum absolute atomic E-state index is 0.230. The summed E-state index contributed by atoms with van der Waals surface area (Å²) in [6.07, 6.45) is 0. The van der Waals surface area contributed by atoms with Crippen molar-refractivity contribution in [2.45, 2.75) is 19.0 Å². The summed E-state index contributed by atoms with van der Waals surface area (Å²) in [4.78, 5) is 7.69. The summed E-state index contributed by atoms with van der Waals surface area (Å²) in [7, 11) is 0. The molecule has 106 valence electrons. The van der Waals surface area contributed by atoms with Crippen LogP contribution in [0, 0.1) is 12.4 Å². The van der Waals surface area contributed by atoms with Crippen LogP contribution in [0.1, 0.15) is 18.2 Å². The van der Waals surface area contributed by atoms with Crippen molar-refractivity contribution >= 4 is 17.3 Å². The lowest BCUT2D eigenvalue weighted by Gasteiger charge is -2.30. The van der Waals surface area contributed by atoms with Gasteiger partial charge in [0.05, 0.1) is 6.54 Å². The van der Waals surface area contributed by atoms with Gasteiger partial charge in [0.2, 0.25) is 0 Å². The number of anilines is 1. The number of hydrogen-bond donors (Lipinski definition) is 2. The number of benzene rings is 1. The molecule has 1 atom stereocenters. The average molecular weight is 284 g/mol. The Morgan fingerprint density at radius 3 is 2.86 bits per heavy atom. The molecule has 7 heteroatoms. The number of nitrogen functional groups attached to an aromatic ring is 1. The van der Waals surface area contributed by atoms with Gasteiger partial charge in [0.1, 0.15) is 22.9 Å². The van der Waals surface area contributed by atoms with Gasteiger partial charge in [-0.05, 0) is 36.3 Å². The molecule has 3 rings (SSSR count). The molecule has 6 nitrogen and oxygen atoms in total. The highest BCUT2D eigenvalue weighted by molar-refractivity contribution is 5.97. The van der Waals surface area contributed by atoms with Crippen molar-refractivity contribution < 1.29 is 4.39 Å². The van der Waals surface area contributed by atoms with Gasteiger partial charge in [-0.1, -0.05) is 6.57 Å². The number of nitrogens with zero attached hydrogens (tertiary/aromatic N) is 4. The van der Waals surface area contributed by atoms with E-state index in [0.717, 1.165) is 0 Å². The van der Waals surface area contributed by atoms with Gasteiger partial charge < -0.3 is 16.3 Å². The molecule has 1 unspecified atom stereocenters. The lowest BCUT2D eigenvalue weighted by atomic mass is 9.90. The lowest BCUT2D eigenvalue weighted by Crippen LogP contribution is -2.37. The van der Waals surface area contributed by atoms with Crippen molar-refractivity contribution in [3.63, 3.8) is 0 Å². The van der Waals surface area contributed by atoms with Crippen LogP contribution in [0.15, 0.2) is 29.3 Å². The number of fused-ring (bicyclic) bond motifs is 1. The minimum Gasteiger partial charge on any atom is -0.399 e. The number of rotatable bonds is 1. The minimum atomic E-state index is -0.915. The predicted octanol–water partition coefficient (Wildman–Crippen LogP) is 1.79. The Kier molecular flexibility index (Phi) is 2.69. The quantitative estimate of drug-likeness (QED) is 0.618. The van der Waals surface area contributed by atoms with E-state index in [-0.39, 0.29) is 11.7 Å². The van der Waals surface area contributed by atoms with Crippen LogP contribution in [0.5, 0.6) is 0 Å². The van der Waals surface area contributed by atoms with Crippen LogP contribution in [-0.4, -0.2) is 15.6 Å². The zero-order valence-corrected chi connectivity index (χ0v) is 11.3. The molecule has 1 aliphatic rings. The topological polar surface area (TPSA) is 86.6 Å². The van der Waals surface area contributed by atoms with E-state index in [0.29, 0.717) is 23.5 Å². The van der Waals surface area contributed by atoms with Crippen molar-refractivity contribution in [3.05, 3.63) is 52.8 Å². The molecular weight excluding hydrogens is 271 g/mol. The maximum atomic E-state index is 14.1. The zero-order chi connectivity index (χ0) is 15.2. The van der Waals surface area contributed by atoms with Gasteiger partial charge in [-0.25, -0.2) is 4.39 Å². The van der Waals surface area contributed by atoms with E-state index in [4.69, 9.17) is 18.0 Å². The Morgan fingerprint density at radius 1 is 1.38 bits per heavy atom. The highest BCUT2D eigenvalue weighted by Gasteiger charge is 2.36. The fraction of sp³-hybridized carbons (Fsp3) is 0.214. The number of hydrogen-bond acceptors (Lipinski definition) is 4. The number of nitrogens with two attached hydrogens (primary N) is 2. The Hall–Kier alpha value is -2.88. The molecule has 0 amide bonds. The maximum absolute atomic E-state index is 14.1. The van der Waals surface area contributed by atoms with Gasteiger partial charge in [-0.3, -0.25) is 4.99 Å². The van der Waals surface area contributed by atoms with Crippen molar-refractivity contribution in [1.29, 1.82) is 0 Å². The van der Waals surface area contributed by atoms with Crippen LogP contribution in [0.2, 0.25) is 0 Å². The highest BCUT2D eigenvalue weighted by atomic mass is 19.1. The number of aliphatic imine (C=N–C) groups is 1. The summed E-state index contributed by atoms with van der Waals surface area (Å²) in [6, 6.07) is 5.93. The zero-order valence-electron chi connectivity index (χ0n) is 11.3. The molecule has 21 heavy (non-hydrogen) atoms. The summed E-state index contributed by atoms with van der Waals surface area (Å²) >= 11 is 0. The van der Waals surface area contributed by atoms with Gasteiger partial charge >= 0.3 is 0 Å². The van der Waals surface area contributed by atoms with Crippen molar-refractivity contribution in [1.82, 2.24) is 9.78 Å². The molecule has 0 spiro atoms. The average Bonchev–Trinajstić information content (AvgIpc) is 2.84. The first-order valence-corrected chi connectivity index (χ1v) is 6.29. The first kappa shape index (κ1) is 13.1. The number of aromatic nitrogens is 2. The van der Waals surface area contributed by atoms with Crippen LogP contribution in [0.4, 0.5) is 15.9 Å². The second kappa shape index (κ2) is 4.31. The van der Waals surface area contributed by atoms with E-state index in [1.807, 2.05) is 0 Å². The Bertz CT molecular complexity index is 800.